The third-order valence-electron chi connectivity index (χ3n) is 5.32. The van der Waals surface area contributed by atoms with Crippen LogP contribution in [-0.2, 0) is 18.3 Å². The molecule has 21 heavy (non-hydrogen) atoms. The molecule has 2 aliphatic rings. The molecule has 1 aliphatic heterocycles. The first-order valence-electron chi connectivity index (χ1n) is 7.83. The highest BCUT2D eigenvalue weighted by atomic mass is 16.3. The number of aromatic nitrogens is 3. The summed E-state index contributed by atoms with van der Waals surface area (Å²) in [7, 11) is 1.88. The molecule has 3 rings (SSSR count). The van der Waals surface area contributed by atoms with Gasteiger partial charge in [-0.3, -0.25) is 4.79 Å². The van der Waals surface area contributed by atoms with E-state index in [4.69, 9.17) is 0 Å². The maximum absolute atomic E-state index is 12.4. The van der Waals surface area contributed by atoms with E-state index < -0.39 is 5.60 Å². The fraction of sp³-hybridized carbons (Fsp3) is 0.800. The zero-order chi connectivity index (χ0) is 15.0. The zero-order valence-corrected chi connectivity index (χ0v) is 12.8. The lowest BCUT2D eigenvalue weighted by Gasteiger charge is -2.41. The smallest absolute Gasteiger partial charge is 0.223 e. The molecule has 1 saturated carbocycles. The molecule has 1 N–H and O–H groups in total. The highest BCUT2D eigenvalue weighted by molar-refractivity contribution is 5.76. The van der Waals surface area contributed by atoms with Crippen molar-refractivity contribution in [1.29, 1.82) is 0 Å². The van der Waals surface area contributed by atoms with Gasteiger partial charge in [-0.1, -0.05) is 13.3 Å². The fourth-order valence-corrected chi connectivity index (χ4v) is 3.55. The summed E-state index contributed by atoms with van der Waals surface area (Å²) in [5.41, 5.74) is -0.668. The number of amides is 1. The number of carbonyl (C=O) groups is 1. The van der Waals surface area contributed by atoms with Crippen molar-refractivity contribution in [3.05, 3.63) is 12.2 Å². The van der Waals surface area contributed by atoms with E-state index in [1.165, 1.54) is 6.42 Å². The maximum Gasteiger partial charge on any atom is 0.223 e. The molecule has 1 aromatic heterocycles. The predicted molar refractivity (Wildman–Crippen MR) is 77.4 cm³/mol. The number of β-amino-alcohol motifs (C(OH)–C–C–N with tert-alkyl or cyclic N) is 1. The third-order valence-corrected chi connectivity index (χ3v) is 5.32. The Morgan fingerprint density at radius 3 is 2.86 bits per heavy atom. The maximum atomic E-state index is 12.4. The molecule has 2 heterocycles. The number of hydrogen-bond donors (Lipinski definition) is 1. The van der Waals surface area contributed by atoms with Crippen LogP contribution in [0.1, 0.15) is 38.4 Å². The Morgan fingerprint density at radius 2 is 2.29 bits per heavy atom. The van der Waals surface area contributed by atoms with Crippen LogP contribution in [0.4, 0.5) is 0 Å². The number of hydrogen-bond acceptors (Lipinski definition) is 4. The highest BCUT2D eigenvalue weighted by Gasteiger charge is 2.50. The van der Waals surface area contributed by atoms with E-state index >= 15 is 0 Å². The summed E-state index contributed by atoms with van der Waals surface area (Å²) < 4.78 is 1.84. The minimum absolute atomic E-state index is 0.111. The SMILES string of the molecule is C[C@H]1CN(C(=O)CCc2nncn2C)C[C@@]1(O)C1CCC1. The Balaban J connectivity index is 1.57. The van der Waals surface area contributed by atoms with Crippen LogP contribution in [0.15, 0.2) is 6.33 Å². The first kappa shape index (κ1) is 14.5. The van der Waals surface area contributed by atoms with Crippen molar-refractivity contribution in [3.63, 3.8) is 0 Å². The van der Waals surface area contributed by atoms with Crippen LogP contribution in [-0.4, -0.2) is 49.4 Å². The fourth-order valence-electron chi connectivity index (χ4n) is 3.55. The number of nitrogens with zero attached hydrogens (tertiary/aromatic N) is 4. The summed E-state index contributed by atoms with van der Waals surface area (Å²) in [6.45, 7) is 3.23. The van der Waals surface area contributed by atoms with Crippen LogP contribution in [0.2, 0.25) is 0 Å². The molecule has 2 fully saturated rings. The average molecular weight is 292 g/mol. The summed E-state index contributed by atoms with van der Waals surface area (Å²) in [4.78, 5) is 14.2. The molecule has 1 aliphatic carbocycles. The van der Waals surface area contributed by atoms with Gasteiger partial charge in [-0.05, 0) is 18.8 Å². The molecule has 1 aromatic rings. The molecule has 0 spiro atoms. The van der Waals surface area contributed by atoms with Gasteiger partial charge in [0.05, 0.1) is 5.60 Å². The van der Waals surface area contributed by atoms with E-state index in [9.17, 15) is 9.90 Å². The Morgan fingerprint density at radius 1 is 1.52 bits per heavy atom. The molecule has 2 atom stereocenters. The predicted octanol–water partition coefficient (Wildman–Crippen LogP) is 0.757. The molecular weight excluding hydrogens is 268 g/mol. The van der Waals surface area contributed by atoms with Crippen molar-refractivity contribution >= 4 is 5.91 Å². The molecule has 0 aromatic carbocycles. The van der Waals surface area contributed by atoms with Crippen molar-refractivity contribution in [3.8, 4) is 0 Å². The lowest BCUT2D eigenvalue weighted by atomic mass is 9.69. The Bertz CT molecular complexity index is 525. The van der Waals surface area contributed by atoms with Crippen LogP contribution in [0, 0.1) is 11.8 Å². The minimum Gasteiger partial charge on any atom is -0.387 e. The zero-order valence-electron chi connectivity index (χ0n) is 12.8. The van der Waals surface area contributed by atoms with Crippen LogP contribution in [0.3, 0.4) is 0 Å². The monoisotopic (exact) mass is 292 g/mol. The first-order valence-corrected chi connectivity index (χ1v) is 7.83. The van der Waals surface area contributed by atoms with Gasteiger partial charge >= 0.3 is 0 Å². The number of aryl methyl sites for hydroxylation is 2. The Kier molecular flexibility index (Phi) is 3.73. The molecule has 0 unspecified atom stereocenters. The second kappa shape index (κ2) is 5.40. The molecule has 0 bridgehead atoms. The standard InChI is InChI=1S/C15H24N4O2/c1-11-8-19(9-15(11,21)12-4-3-5-12)14(20)7-6-13-17-16-10-18(13)2/h10-12,21H,3-9H2,1-2H3/t11-,15-/m0/s1. The number of likely N-dealkylation sites (tertiary alicyclic amines) is 1. The van der Waals surface area contributed by atoms with Gasteiger partial charge in [0.1, 0.15) is 12.2 Å². The normalized spacial score (nSPS) is 29.7. The van der Waals surface area contributed by atoms with Gasteiger partial charge in [-0.25, -0.2) is 0 Å². The molecule has 116 valence electrons. The summed E-state index contributed by atoms with van der Waals surface area (Å²) >= 11 is 0. The van der Waals surface area contributed by atoms with Gasteiger partial charge in [0, 0.05) is 38.9 Å². The lowest BCUT2D eigenvalue weighted by molar-refractivity contribution is -0.132. The van der Waals surface area contributed by atoms with E-state index in [-0.39, 0.29) is 11.8 Å². The Labute approximate surface area is 125 Å². The van der Waals surface area contributed by atoms with Crippen molar-refractivity contribution in [1.82, 2.24) is 19.7 Å². The molecule has 6 heteroatoms. The van der Waals surface area contributed by atoms with E-state index in [0.717, 1.165) is 18.7 Å². The molecule has 1 saturated heterocycles. The first-order chi connectivity index (χ1) is 10.0. The molecule has 1 amide bonds. The quantitative estimate of drug-likeness (QED) is 0.889. The molecule has 0 radical (unpaired) electrons. The summed E-state index contributed by atoms with van der Waals surface area (Å²) in [5, 5.41) is 18.7. The van der Waals surface area contributed by atoms with E-state index in [0.29, 0.717) is 31.8 Å². The molecular formula is C15H24N4O2. The van der Waals surface area contributed by atoms with Crippen molar-refractivity contribution in [2.75, 3.05) is 13.1 Å². The van der Waals surface area contributed by atoms with Gasteiger partial charge in [0.15, 0.2) is 0 Å². The van der Waals surface area contributed by atoms with E-state index in [1.807, 2.05) is 16.5 Å². The van der Waals surface area contributed by atoms with Gasteiger partial charge in [-0.2, -0.15) is 0 Å². The van der Waals surface area contributed by atoms with E-state index in [1.54, 1.807) is 6.33 Å². The van der Waals surface area contributed by atoms with Crippen LogP contribution < -0.4 is 0 Å². The summed E-state index contributed by atoms with van der Waals surface area (Å²) in [6.07, 6.45) is 6.08. The topological polar surface area (TPSA) is 71.2 Å². The van der Waals surface area contributed by atoms with Crippen molar-refractivity contribution < 1.29 is 9.90 Å². The third kappa shape index (κ3) is 2.57. The molecule has 6 nitrogen and oxygen atoms in total. The largest absolute Gasteiger partial charge is 0.387 e. The average Bonchev–Trinajstić information content (AvgIpc) is 2.90. The minimum atomic E-state index is -0.668. The number of carbonyl (C=O) groups excluding carboxylic acids is 1. The Hall–Kier alpha value is -1.43. The van der Waals surface area contributed by atoms with Crippen LogP contribution in [0.25, 0.3) is 0 Å². The van der Waals surface area contributed by atoms with Crippen LogP contribution >= 0.6 is 0 Å². The summed E-state index contributed by atoms with van der Waals surface area (Å²) in [5.74, 6) is 1.48. The second-order valence-corrected chi connectivity index (χ2v) is 6.65. The van der Waals surface area contributed by atoms with Gasteiger partial charge in [-0.15, -0.1) is 10.2 Å². The lowest BCUT2D eigenvalue weighted by Crippen LogP contribution is -2.48. The van der Waals surface area contributed by atoms with Gasteiger partial charge in [0.2, 0.25) is 5.91 Å². The van der Waals surface area contributed by atoms with Crippen molar-refractivity contribution in [2.24, 2.45) is 18.9 Å². The van der Waals surface area contributed by atoms with Gasteiger partial charge in [0.25, 0.3) is 0 Å². The van der Waals surface area contributed by atoms with Gasteiger partial charge < -0.3 is 14.6 Å². The summed E-state index contributed by atoms with van der Waals surface area (Å²) in [6, 6.07) is 0. The second-order valence-electron chi connectivity index (χ2n) is 6.65. The van der Waals surface area contributed by atoms with E-state index in [2.05, 4.69) is 17.1 Å². The van der Waals surface area contributed by atoms with Crippen molar-refractivity contribution in [2.45, 2.75) is 44.6 Å². The van der Waals surface area contributed by atoms with Crippen LogP contribution in [0.5, 0.6) is 0 Å². The number of rotatable bonds is 4. The highest BCUT2D eigenvalue weighted by Crippen LogP contribution is 2.44. The number of aliphatic hydroxyl groups is 1.